The molecule has 2 N–H and O–H groups in total. The van der Waals surface area contributed by atoms with E-state index in [1.165, 1.54) is 35.1 Å². The summed E-state index contributed by atoms with van der Waals surface area (Å²) in [7, 11) is 0. The van der Waals surface area contributed by atoms with Gasteiger partial charge in [-0.3, -0.25) is 5.10 Å². The van der Waals surface area contributed by atoms with Gasteiger partial charge in [-0.25, -0.2) is 4.99 Å². The molecule has 0 spiro atoms. The molecule has 2 fully saturated rings. The van der Waals surface area contributed by atoms with E-state index in [1.54, 1.807) is 0 Å². The third-order valence-corrected chi connectivity index (χ3v) is 6.25. The van der Waals surface area contributed by atoms with Gasteiger partial charge in [0.15, 0.2) is 0 Å². The number of aromatic amines is 1. The van der Waals surface area contributed by atoms with Crippen molar-refractivity contribution in [1.29, 1.82) is 0 Å². The molecule has 1 saturated heterocycles. The number of aromatic nitrogens is 2. The lowest BCUT2D eigenvalue weighted by atomic mass is 9.99. The van der Waals surface area contributed by atoms with Crippen LogP contribution in [0.2, 0.25) is 0 Å². The Bertz CT molecular complexity index is 1170. The van der Waals surface area contributed by atoms with Crippen molar-refractivity contribution in [1.82, 2.24) is 20.4 Å². The second-order valence-electron chi connectivity index (χ2n) is 8.84. The first-order chi connectivity index (χ1) is 15.6. The fourth-order valence-corrected chi connectivity index (χ4v) is 4.41. The predicted octanol–water partition coefficient (Wildman–Crippen LogP) is 4.91. The lowest BCUT2D eigenvalue weighted by Gasteiger charge is -2.25. The molecular weight excluding hydrogens is 394 g/mol. The zero-order valence-corrected chi connectivity index (χ0v) is 18.6. The minimum atomic E-state index is 0.594. The minimum absolute atomic E-state index is 0.594. The first kappa shape index (κ1) is 20.3. The van der Waals surface area contributed by atoms with Crippen LogP contribution in [0.4, 0.5) is 0 Å². The third kappa shape index (κ3) is 4.24. The molecule has 1 aromatic heterocycles. The summed E-state index contributed by atoms with van der Waals surface area (Å²) in [5, 5.41) is 10.7. The summed E-state index contributed by atoms with van der Waals surface area (Å²) in [6.45, 7) is 11.8. The van der Waals surface area contributed by atoms with E-state index in [2.05, 4.69) is 76.9 Å². The van der Waals surface area contributed by atoms with Crippen LogP contribution in [0.1, 0.15) is 29.5 Å². The summed E-state index contributed by atoms with van der Waals surface area (Å²) in [5.41, 5.74) is 8.41. The molecule has 0 bridgehead atoms. The first-order valence-corrected chi connectivity index (χ1v) is 11.2. The topological polar surface area (TPSA) is 56.3 Å². The summed E-state index contributed by atoms with van der Waals surface area (Å²) >= 11 is 0. The Labute approximate surface area is 189 Å². The zero-order chi connectivity index (χ0) is 22.1. The molecule has 2 aromatic rings. The standard InChI is InChI=1S/C27H29N5/c1-4-6-22-17-32(16-19(22)3)26-13-25(23-14-28-29-15-23)30-27(31-26)24(21-9-10-21)12-20-8-5-7-18(2)11-20/h4-8,11,13-15,21,30H,1,3,9-10,12,16-17H2,2H3,(H,28,29)/b22-6-,27-24-. The molecule has 5 rings (SSSR count). The number of hydrogen-bond donors (Lipinski definition) is 2. The van der Waals surface area contributed by atoms with Crippen LogP contribution in [0.3, 0.4) is 0 Å². The average Bonchev–Trinajstić information content (AvgIpc) is 3.34. The van der Waals surface area contributed by atoms with Crippen LogP contribution in [0.15, 0.2) is 95.6 Å². The molecule has 1 aliphatic carbocycles. The molecule has 5 heteroatoms. The molecule has 162 valence electrons. The maximum atomic E-state index is 5.14. The van der Waals surface area contributed by atoms with Gasteiger partial charge in [-0.1, -0.05) is 55.1 Å². The van der Waals surface area contributed by atoms with Crippen molar-refractivity contribution >= 4 is 11.5 Å². The van der Waals surface area contributed by atoms with Gasteiger partial charge in [-0.2, -0.15) is 5.10 Å². The lowest BCUT2D eigenvalue weighted by Crippen LogP contribution is -2.32. The smallest absolute Gasteiger partial charge is 0.133 e. The fraction of sp³-hybridized carbons (Fsp3) is 0.259. The number of benzene rings is 1. The summed E-state index contributed by atoms with van der Waals surface area (Å²) in [6, 6.07) is 8.78. The molecule has 0 atom stereocenters. The van der Waals surface area contributed by atoms with Crippen LogP contribution in [-0.2, 0) is 6.42 Å². The summed E-state index contributed by atoms with van der Waals surface area (Å²) in [5.74, 6) is 2.54. The molecule has 1 saturated carbocycles. The van der Waals surface area contributed by atoms with Crippen LogP contribution >= 0.6 is 0 Å². The summed E-state index contributed by atoms with van der Waals surface area (Å²) in [6.07, 6.45) is 13.1. The van der Waals surface area contributed by atoms with Gasteiger partial charge in [0.05, 0.1) is 11.9 Å². The van der Waals surface area contributed by atoms with Gasteiger partial charge < -0.3 is 10.2 Å². The maximum absolute atomic E-state index is 5.14. The van der Waals surface area contributed by atoms with Gasteiger partial charge in [-0.05, 0) is 54.4 Å². The van der Waals surface area contributed by atoms with E-state index in [9.17, 15) is 0 Å². The van der Waals surface area contributed by atoms with Gasteiger partial charge >= 0.3 is 0 Å². The SMILES string of the molecule is C=C/C=C1/CN(C2=N/C(=C(/Cc3cccc(C)c3)C3CC3)NC(c3cn[nH]c3)=C2)CC1=C. The highest BCUT2D eigenvalue weighted by Gasteiger charge is 2.31. The summed E-state index contributed by atoms with van der Waals surface area (Å²) in [4.78, 5) is 7.43. The highest BCUT2D eigenvalue weighted by molar-refractivity contribution is 6.02. The molecular formula is C27H29N5. The Morgan fingerprint density at radius 3 is 2.88 bits per heavy atom. The molecule has 3 aliphatic rings. The molecule has 32 heavy (non-hydrogen) atoms. The van der Waals surface area contributed by atoms with Gasteiger partial charge in [0.1, 0.15) is 11.7 Å². The number of aliphatic imine (C=N–C) groups is 1. The predicted molar refractivity (Wildman–Crippen MR) is 131 cm³/mol. The Balaban J connectivity index is 1.55. The van der Waals surface area contributed by atoms with Crippen molar-refractivity contribution in [2.45, 2.75) is 26.2 Å². The van der Waals surface area contributed by atoms with Crippen LogP contribution in [-0.4, -0.2) is 34.0 Å². The van der Waals surface area contributed by atoms with E-state index in [0.29, 0.717) is 5.92 Å². The van der Waals surface area contributed by atoms with E-state index in [4.69, 9.17) is 4.99 Å². The van der Waals surface area contributed by atoms with E-state index < -0.39 is 0 Å². The number of nitrogens with one attached hydrogen (secondary N) is 2. The number of allylic oxidation sites excluding steroid dienone is 3. The molecule has 0 radical (unpaired) electrons. The zero-order valence-electron chi connectivity index (χ0n) is 18.6. The van der Waals surface area contributed by atoms with E-state index in [1.807, 2.05) is 18.5 Å². The van der Waals surface area contributed by atoms with Crippen LogP contribution in [0.25, 0.3) is 5.70 Å². The van der Waals surface area contributed by atoms with E-state index in [0.717, 1.165) is 48.0 Å². The number of H-pyrrole nitrogens is 1. The first-order valence-electron chi connectivity index (χ1n) is 11.2. The Kier molecular flexibility index (Phi) is 5.39. The lowest BCUT2D eigenvalue weighted by molar-refractivity contribution is 0.543. The van der Waals surface area contributed by atoms with E-state index >= 15 is 0 Å². The molecule has 2 aliphatic heterocycles. The van der Waals surface area contributed by atoms with Crippen molar-refractivity contribution < 1.29 is 0 Å². The minimum Gasteiger partial charge on any atom is -0.348 e. The van der Waals surface area contributed by atoms with Gasteiger partial charge in [0, 0.05) is 30.9 Å². The monoisotopic (exact) mass is 423 g/mol. The molecule has 0 amide bonds. The Hall–Kier alpha value is -3.60. The molecule has 5 nitrogen and oxygen atoms in total. The Morgan fingerprint density at radius 2 is 2.16 bits per heavy atom. The number of nitrogens with zero attached hydrogens (tertiary/aromatic N) is 3. The molecule has 1 aromatic carbocycles. The van der Waals surface area contributed by atoms with Crippen LogP contribution in [0, 0.1) is 12.8 Å². The number of aryl methyl sites for hydroxylation is 1. The summed E-state index contributed by atoms with van der Waals surface area (Å²) < 4.78 is 0. The second-order valence-corrected chi connectivity index (χ2v) is 8.84. The van der Waals surface area contributed by atoms with Crippen molar-refractivity contribution in [3.63, 3.8) is 0 Å². The average molecular weight is 424 g/mol. The number of rotatable bonds is 5. The number of amidine groups is 1. The Morgan fingerprint density at radius 1 is 1.28 bits per heavy atom. The quantitative estimate of drug-likeness (QED) is 0.719. The van der Waals surface area contributed by atoms with Gasteiger partial charge in [0.25, 0.3) is 0 Å². The van der Waals surface area contributed by atoms with Crippen molar-refractivity contribution in [3.8, 4) is 0 Å². The van der Waals surface area contributed by atoms with Gasteiger partial charge in [0.2, 0.25) is 0 Å². The normalized spacial score (nSPS) is 21.3. The largest absolute Gasteiger partial charge is 0.348 e. The van der Waals surface area contributed by atoms with E-state index in [-0.39, 0.29) is 0 Å². The van der Waals surface area contributed by atoms with Crippen molar-refractivity contribution in [3.05, 3.63) is 107 Å². The van der Waals surface area contributed by atoms with Crippen molar-refractivity contribution in [2.75, 3.05) is 13.1 Å². The molecule has 0 unspecified atom stereocenters. The maximum Gasteiger partial charge on any atom is 0.133 e. The second kappa shape index (κ2) is 8.50. The van der Waals surface area contributed by atoms with Gasteiger partial charge in [-0.15, -0.1) is 0 Å². The fourth-order valence-electron chi connectivity index (χ4n) is 4.41. The third-order valence-electron chi connectivity index (χ3n) is 6.25. The van der Waals surface area contributed by atoms with Crippen molar-refractivity contribution in [2.24, 2.45) is 10.9 Å². The van der Waals surface area contributed by atoms with Crippen LogP contribution in [0.5, 0.6) is 0 Å². The highest BCUT2D eigenvalue weighted by atomic mass is 15.2. The number of likely N-dealkylation sites (tertiary alicyclic amines) is 1. The number of hydrogen-bond acceptors (Lipinski definition) is 4. The highest BCUT2D eigenvalue weighted by Crippen LogP contribution is 2.40. The molecule has 3 heterocycles. The van der Waals surface area contributed by atoms with Crippen LogP contribution < -0.4 is 5.32 Å².